The van der Waals surface area contributed by atoms with Gasteiger partial charge in [0.25, 0.3) is 11.8 Å². The maximum Gasteiger partial charge on any atom is 0.293 e. The number of amides is 2. The molecule has 27 heavy (non-hydrogen) atoms. The molecule has 0 spiro atoms. The lowest BCUT2D eigenvalue weighted by molar-refractivity contribution is 0.0675. The van der Waals surface area contributed by atoms with Crippen molar-refractivity contribution < 1.29 is 14.0 Å². The number of para-hydroxylation sites is 1. The van der Waals surface area contributed by atoms with E-state index in [1.807, 2.05) is 24.1 Å². The average molecular weight is 392 g/mol. The van der Waals surface area contributed by atoms with E-state index in [2.05, 4.69) is 5.32 Å². The van der Waals surface area contributed by atoms with Crippen molar-refractivity contribution in [1.82, 2.24) is 10.2 Å². The third kappa shape index (κ3) is 4.70. The van der Waals surface area contributed by atoms with Crippen molar-refractivity contribution in [3.63, 3.8) is 0 Å². The lowest BCUT2D eigenvalue weighted by Gasteiger charge is -2.33. The van der Waals surface area contributed by atoms with E-state index in [-0.39, 0.29) is 30.0 Å². The molecule has 146 valence electrons. The zero-order valence-electron chi connectivity index (χ0n) is 15.7. The lowest BCUT2D eigenvalue weighted by Crippen LogP contribution is -2.43. The van der Waals surface area contributed by atoms with Gasteiger partial charge >= 0.3 is 0 Å². The number of nitrogens with zero attached hydrogens (tertiary/aromatic N) is 2. The molecule has 0 aliphatic carbocycles. The Kier molecular flexibility index (Phi) is 7.45. The number of furan rings is 1. The first-order valence-corrected chi connectivity index (χ1v) is 8.96. The van der Waals surface area contributed by atoms with E-state index in [9.17, 15) is 9.59 Å². The SMILES string of the molecule is CNCC1CCCN(C(=O)c2ccccc2N(C)C(=O)c2ccco2)C1.Cl. The van der Waals surface area contributed by atoms with Crippen molar-refractivity contribution >= 4 is 29.9 Å². The predicted octanol–water partition coefficient (Wildman–Crippen LogP) is 3.05. The van der Waals surface area contributed by atoms with Crippen LogP contribution in [0.1, 0.15) is 33.8 Å². The van der Waals surface area contributed by atoms with Crippen LogP contribution in [0.3, 0.4) is 0 Å². The molecule has 2 aromatic rings. The van der Waals surface area contributed by atoms with Crippen molar-refractivity contribution in [2.24, 2.45) is 5.92 Å². The second-order valence-electron chi connectivity index (χ2n) is 6.68. The number of hydrogen-bond donors (Lipinski definition) is 1. The molecule has 2 heterocycles. The number of hydrogen-bond acceptors (Lipinski definition) is 4. The van der Waals surface area contributed by atoms with E-state index in [0.29, 0.717) is 17.2 Å². The summed E-state index contributed by atoms with van der Waals surface area (Å²) in [6, 6.07) is 10.5. The number of likely N-dealkylation sites (tertiary alicyclic amines) is 1. The zero-order chi connectivity index (χ0) is 18.5. The van der Waals surface area contributed by atoms with Crippen LogP contribution < -0.4 is 10.2 Å². The number of carbonyl (C=O) groups is 2. The fourth-order valence-electron chi connectivity index (χ4n) is 3.50. The standard InChI is InChI=1S/C20H25N3O3.ClH/c1-21-13-15-7-5-11-23(14-15)19(24)16-8-3-4-9-17(16)22(2)20(25)18-10-6-12-26-18;/h3-4,6,8-10,12,15,21H,5,7,11,13-14H2,1-2H3;1H. The van der Waals surface area contributed by atoms with Crippen molar-refractivity contribution in [2.75, 3.05) is 38.6 Å². The molecule has 0 bridgehead atoms. The lowest BCUT2D eigenvalue weighted by atomic mass is 9.97. The number of nitrogens with one attached hydrogen (secondary N) is 1. The molecule has 0 radical (unpaired) electrons. The van der Waals surface area contributed by atoms with Crippen molar-refractivity contribution in [3.8, 4) is 0 Å². The van der Waals surface area contributed by atoms with Gasteiger partial charge in [-0.2, -0.15) is 0 Å². The van der Waals surface area contributed by atoms with Crippen LogP contribution in [0.4, 0.5) is 5.69 Å². The first-order chi connectivity index (χ1) is 12.6. The maximum absolute atomic E-state index is 13.1. The third-order valence-corrected chi connectivity index (χ3v) is 4.83. The highest BCUT2D eigenvalue weighted by Gasteiger charge is 2.27. The van der Waals surface area contributed by atoms with E-state index in [0.717, 1.165) is 32.5 Å². The number of piperidine rings is 1. The summed E-state index contributed by atoms with van der Waals surface area (Å²) in [5.41, 5.74) is 1.13. The van der Waals surface area contributed by atoms with Crippen LogP contribution in [0.15, 0.2) is 47.1 Å². The average Bonchev–Trinajstić information content (AvgIpc) is 3.21. The molecule has 1 aliphatic heterocycles. The van der Waals surface area contributed by atoms with Gasteiger partial charge in [0.05, 0.1) is 17.5 Å². The van der Waals surface area contributed by atoms with Gasteiger partial charge in [0.15, 0.2) is 5.76 Å². The maximum atomic E-state index is 13.1. The third-order valence-electron chi connectivity index (χ3n) is 4.83. The van der Waals surface area contributed by atoms with Gasteiger partial charge in [-0.15, -0.1) is 12.4 Å². The van der Waals surface area contributed by atoms with Crippen LogP contribution in [-0.4, -0.2) is 50.4 Å². The van der Waals surface area contributed by atoms with Crippen molar-refractivity contribution in [3.05, 3.63) is 54.0 Å². The Morgan fingerprint density at radius 1 is 1.26 bits per heavy atom. The highest BCUT2D eigenvalue weighted by atomic mass is 35.5. The fourth-order valence-corrected chi connectivity index (χ4v) is 3.50. The molecule has 7 heteroatoms. The summed E-state index contributed by atoms with van der Waals surface area (Å²) in [6.07, 6.45) is 3.60. The number of rotatable bonds is 5. The Bertz CT molecular complexity index is 762. The molecule has 1 aliphatic rings. The summed E-state index contributed by atoms with van der Waals surface area (Å²) in [7, 11) is 3.60. The highest BCUT2D eigenvalue weighted by molar-refractivity contribution is 6.09. The normalized spacial score (nSPS) is 16.5. The van der Waals surface area contributed by atoms with Gasteiger partial charge in [0.2, 0.25) is 0 Å². The van der Waals surface area contributed by atoms with E-state index >= 15 is 0 Å². The molecule has 1 unspecified atom stereocenters. The van der Waals surface area contributed by atoms with E-state index < -0.39 is 0 Å². The topological polar surface area (TPSA) is 65.8 Å². The molecule has 1 N–H and O–H groups in total. The second-order valence-corrected chi connectivity index (χ2v) is 6.68. The smallest absolute Gasteiger partial charge is 0.293 e. The van der Waals surface area contributed by atoms with E-state index in [1.165, 1.54) is 11.2 Å². The molecule has 1 saturated heterocycles. The molecule has 1 aromatic carbocycles. The largest absolute Gasteiger partial charge is 0.459 e. The van der Waals surface area contributed by atoms with Gasteiger partial charge in [0, 0.05) is 20.1 Å². The van der Waals surface area contributed by atoms with Gasteiger partial charge in [-0.25, -0.2) is 0 Å². The van der Waals surface area contributed by atoms with Crippen LogP contribution in [0.5, 0.6) is 0 Å². The minimum atomic E-state index is -0.276. The van der Waals surface area contributed by atoms with Crippen LogP contribution in [0.2, 0.25) is 0 Å². The molecule has 1 atom stereocenters. The Hall–Kier alpha value is -2.31. The monoisotopic (exact) mass is 391 g/mol. The Labute approximate surface area is 165 Å². The quantitative estimate of drug-likeness (QED) is 0.850. The summed E-state index contributed by atoms with van der Waals surface area (Å²) in [6.45, 7) is 2.40. The Morgan fingerprint density at radius 3 is 2.74 bits per heavy atom. The molecular formula is C20H26ClN3O3. The highest BCUT2D eigenvalue weighted by Crippen LogP contribution is 2.25. The van der Waals surface area contributed by atoms with Crippen LogP contribution in [-0.2, 0) is 0 Å². The predicted molar refractivity (Wildman–Crippen MR) is 108 cm³/mol. The molecule has 3 rings (SSSR count). The number of carbonyl (C=O) groups excluding carboxylic acids is 2. The van der Waals surface area contributed by atoms with Crippen LogP contribution in [0.25, 0.3) is 0 Å². The van der Waals surface area contributed by atoms with Gasteiger partial charge in [-0.1, -0.05) is 12.1 Å². The molecule has 1 aromatic heterocycles. The number of benzene rings is 1. The number of anilines is 1. The first kappa shape index (κ1) is 21.0. The minimum absolute atomic E-state index is 0. The molecule has 6 nitrogen and oxygen atoms in total. The summed E-state index contributed by atoms with van der Waals surface area (Å²) in [4.78, 5) is 29.1. The van der Waals surface area contributed by atoms with Crippen molar-refractivity contribution in [1.29, 1.82) is 0 Å². The molecular weight excluding hydrogens is 366 g/mol. The van der Waals surface area contributed by atoms with Gasteiger partial charge in [0.1, 0.15) is 0 Å². The van der Waals surface area contributed by atoms with Gasteiger partial charge < -0.3 is 19.5 Å². The molecule has 0 saturated carbocycles. The molecule has 1 fully saturated rings. The number of halogens is 1. The van der Waals surface area contributed by atoms with Crippen molar-refractivity contribution in [2.45, 2.75) is 12.8 Å². The minimum Gasteiger partial charge on any atom is -0.459 e. The Balaban J connectivity index is 0.00000261. The first-order valence-electron chi connectivity index (χ1n) is 8.96. The van der Waals surface area contributed by atoms with E-state index in [4.69, 9.17) is 4.42 Å². The Morgan fingerprint density at radius 2 is 2.04 bits per heavy atom. The fraction of sp³-hybridized carbons (Fsp3) is 0.400. The summed E-state index contributed by atoms with van der Waals surface area (Å²) >= 11 is 0. The zero-order valence-corrected chi connectivity index (χ0v) is 16.5. The van der Waals surface area contributed by atoms with E-state index in [1.54, 1.807) is 31.3 Å². The van der Waals surface area contributed by atoms with Gasteiger partial charge in [-0.3, -0.25) is 9.59 Å². The molecule has 2 amide bonds. The van der Waals surface area contributed by atoms with Crippen LogP contribution in [0, 0.1) is 5.92 Å². The summed E-state index contributed by atoms with van der Waals surface area (Å²) in [5.74, 6) is 0.414. The van der Waals surface area contributed by atoms with Gasteiger partial charge in [-0.05, 0) is 56.6 Å². The summed E-state index contributed by atoms with van der Waals surface area (Å²) in [5, 5.41) is 3.20. The summed E-state index contributed by atoms with van der Waals surface area (Å²) < 4.78 is 5.20. The second kappa shape index (κ2) is 9.58. The van der Waals surface area contributed by atoms with Crippen LogP contribution >= 0.6 is 12.4 Å².